The smallest absolute Gasteiger partial charge is 0.269 e. The van der Waals surface area contributed by atoms with Gasteiger partial charge < -0.3 is 15.1 Å². The first-order valence-electron chi connectivity index (χ1n) is 10.6. The van der Waals surface area contributed by atoms with Crippen molar-refractivity contribution in [2.75, 3.05) is 42.1 Å². The van der Waals surface area contributed by atoms with Crippen LogP contribution in [0, 0.1) is 10.1 Å². The van der Waals surface area contributed by atoms with Crippen LogP contribution in [0.4, 0.5) is 16.5 Å². The van der Waals surface area contributed by atoms with Gasteiger partial charge in [-0.25, -0.2) is 0 Å². The van der Waals surface area contributed by atoms with Gasteiger partial charge in [0.2, 0.25) is 16.9 Å². The zero-order valence-electron chi connectivity index (χ0n) is 18.1. The molecule has 0 atom stereocenters. The lowest BCUT2D eigenvalue weighted by atomic mass is 10.1. The molecule has 4 rings (SSSR count). The zero-order valence-corrected chi connectivity index (χ0v) is 19.8. The van der Waals surface area contributed by atoms with Crippen LogP contribution in [0.5, 0.6) is 0 Å². The Balaban J connectivity index is 1.22. The normalized spacial score (nSPS) is 13.5. The number of anilines is 2. The fourth-order valence-corrected chi connectivity index (χ4v) is 5.10. The topological polar surface area (TPSA) is 122 Å². The van der Waals surface area contributed by atoms with Gasteiger partial charge in [0.25, 0.3) is 5.69 Å². The average Bonchev–Trinajstić information content (AvgIpc) is 3.33. The maximum Gasteiger partial charge on any atom is 0.269 e. The summed E-state index contributed by atoms with van der Waals surface area (Å²) in [5.74, 6) is 0.133. The van der Waals surface area contributed by atoms with E-state index in [1.165, 1.54) is 35.2 Å². The van der Waals surface area contributed by atoms with Gasteiger partial charge in [-0.1, -0.05) is 53.4 Å². The van der Waals surface area contributed by atoms with Gasteiger partial charge in [-0.05, 0) is 17.7 Å². The first-order chi connectivity index (χ1) is 16.5. The van der Waals surface area contributed by atoms with E-state index in [2.05, 4.69) is 20.4 Å². The predicted octanol–water partition coefficient (Wildman–Crippen LogP) is 3.07. The molecule has 2 aromatic carbocycles. The Morgan fingerprint density at radius 2 is 1.74 bits per heavy atom. The van der Waals surface area contributed by atoms with Crippen LogP contribution in [0.1, 0.15) is 5.56 Å². The van der Waals surface area contributed by atoms with Crippen LogP contribution in [0.15, 0.2) is 58.9 Å². The molecule has 1 aliphatic rings. The molecule has 1 saturated heterocycles. The lowest BCUT2D eigenvalue weighted by Crippen LogP contribution is -2.49. The van der Waals surface area contributed by atoms with E-state index in [1.54, 1.807) is 17.0 Å². The summed E-state index contributed by atoms with van der Waals surface area (Å²) >= 11 is 2.77. The molecule has 2 heterocycles. The third kappa shape index (κ3) is 6.29. The predicted molar refractivity (Wildman–Crippen MR) is 131 cm³/mol. The molecule has 10 nitrogen and oxygen atoms in total. The fraction of sp³-hybridized carbons (Fsp3) is 0.273. The van der Waals surface area contributed by atoms with Gasteiger partial charge in [0.15, 0.2) is 4.34 Å². The van der Waals surface area contributed by atoms with Crippen molar-refractivity contribution in [2.24, 2.45) is 0 Å². The minimum absolute atomic E-state index is 0.00793. The van der Waals surface area contributed by atoms with Gasteiger partial charge in [0, 0.05) is 44.0 Å². The second kappa shape index (κ2) is 11.1. The molecule has 0 bridgehead atoms. The first-order valence-corrected chi connectivity index (χ1v) is 12.4. The van der Waals surface area contributed by atoms with E-state index in [0.717, 1.165) is 20.7 Å². The average molecular weight is 499 g/mol. The number of benzene rings is 2. The number of hydrogen-bond acceptors (Lipinski definition) is 9. The number of amides is 2. The maximum atomic E-state index is 12.6. The number of thioether (sulfide) groups is 1. The molecular weight excluding hydrogens is 476 g/mol. The molecule has 12 heteroatoms. The molecule has 3 aromatic rings. The monoisotopic (exact) mass is 498 g/mol. The van der Waals surface area contributed by atoms with Crippen molar-refractivity contribution in [3.8, 4) is 0 Å². The number of nitro benzene ring substituents is 1. The molecule has 1 aliphatic heterocycles. The first kappa shape index (κ1) is 23.6. The van der Waals surface area contributed by atoms with Crippen LogP contribution in [0.25, 0.3) is 0 Å². The Kier molecular flexibility index (Phi) is 7.70. The van der Waals surface area contributed by atoms with E-state index in [1.807, 2.05) is 30.3 Å². The Bertz CT molecular complexity index is 1150. The van der Waals surface area contributed by atoms with Crippen molar-refractivity contribution in [1.82, 2.24) is 15.1 Å². The van der Waals surface area contributed by atoms with Gasteiger partial charge in [-0.2, -0.15) is 0 Å². The summed E-state index contributed by atoms with van der Waals surface area (Å²) in [6, 6.07) is 15.4. The van der Waals surface area contributed by atoms with Gasteiger partial charge in [-0.3, -0.25) is 19.7 Å². The molecule has 0 aliphatic carbocycles. The van der Waals surface area contributed by atoms with Crippen molar-refractivity contribution in [2.45, 2.75) is 10.8 Å². The molecule has 0 radical (unpaired) electrons. The van der Waals surface area contributed by atoms with Crippen molar-refractivity contribution >= 4 is 51.4 Å². The Labute approximate surface area is 204 Å². The Hall–Kier alpha value is -3.51. The lowest BCUT2D eigenvalue weighted by molar-refractivity contribution is -0.384. The molecule has 0 unspecified atom stereocenters. The number of rotatable bonds is 8. The second-order valence-electron chi connectivity index (χ2n) is 7.52. The van der Waals surface area contributed by atoms with Crippen LogP contribution >= 0.6 is 23.1 Å². The van der Waals surface area contributed by atoms with E-state index >= 15 is 0 Å². The van der Waals surface area contributed by atoms with Gasteiger partial charge in [-0.15, -0.1) is 10.2 Å². The lowest BCUT2D eigenvalue weighted by Gasteiger charge is -2.34. The molecule has 34 heavy (non-hydrogen) atoms. The van der Waals surface area contributed by atoms with Gasteiger partial charge >= 0.3 is 0 Å². The Morgan fingerprint density at radius 1 is 1.03 bits per heavy atom. The third-order valence-electron chi connectivity index (χ3n) is 5.19. The number of non-ortho nitro benzene ring substituents is 1. The van der Waals surface area contributed by atoms with Crippen LogP contribution < -0.4 is 10.2 Å². The largest absolute Gasteiger partial charge is 0.343 e. The van der Waals surface area contributed by atoms with Crippen molar-refractivity contribution in [1.29, 1.82) is 0 Å². The molecule has 1 fully saturated rings. The van der Waals surface area contributed by atoms with Crippen LogP contribution in [-0.2, 0) is 16.0 Å². The minimum atomic E-state index is -0.457. The standard InChI is InChI=1S/C22H22N6O4S2/c29-19(23-17-4-2-1-3-5-17)15-33-22-25-24-21(34-22)27-12-10-26(11-13-27)20(30)14-16-6-8-18(9-7-16)28(31)32/h1-9H,10-15H2,(H,23,29). The molecule has 176 valence electrons. The number of nitro groups is 1. The summed E-state index contributed by atoms with van der Waals surface area (Å²) in [5.41, 5.74) is 1.52. The van der Waals surface area contributed by atoms with Crippen LogP contribution in [0.2, 0.25) is 0 Å². The number of para-hydroxylation sites is 1. The highest BCUT2D eigenvalue weighted by Gasteiger charge is 2.23. The summed E-state index contributed by atoms with van der Waals surface area (Å²) < 4.78 is 0.717. The van der Waals surface area contributed by atoms with E-state index in [9.17, 15) is 19.7 Å². The highest BCUT2D eigenvalue weighted by molar-refractivity contribution is 8.01. The number of nitrogens with zero attached hydrogens (tertiary/aromatic N) is 5. The van der Waals surface area contributed by atoms with Crippen LogP contribution in [-0.4, -0.2) is 63.8 Å². The fourth-order valence-electron chi connectivity index (χ4n) is 3.40. The van der Waals surface area contributed by atoms with E-state index in [0.29, 0.717) is 26.2 Å². The number of piperazine rings is 1. The van der Waals surface area contributed by atoms with Gasteiger partial charge in [0.1, 0.15) is 0 Å². The minimum Gasteiger partial charge on any atom is -0.343 e. The number of hydrogen-bond donors (Lipinski definition) is 1. The number of nitrogens with one attached hydrogen (secondary N) is 1. The van der Waals surface area contributed by atoms with Crippen molar-refractivity contribution in [3.63, 3.8) is 0 Å². The van der Waals surface area contributed by atoms with Crippen molar-refractivity contribution < 1.29 is 14.5 Å². The molecule has 0 spiro atoms. The molecule has 2 amide bonds. The Morgan fingerprint density at radius 3 is 2.41 bits per heavy atom. The highest BCUT2D eigenvalue weighted by Crippen LogP contribution is 2.28. The summed E-state index contributed by atoms with van der Waals surface area (Å²) in [6.45, 7) is 2.40. The highest BCUT2D eigenvalue weighted by atomic mass is 32.2. The SMILES string of the molecule is O=C(CSc1nnc(N2CCN(C(=O)Cc3ccc([N+](=O)[O-])cc3)CC2)s1)Nc1ccccc1. The molecule has 1 aromatic heterocycles. The third-order valence-corrected chi connectivity index (χ3v) is 7.30. The summed E-state index contributed by atoms with van der Waals surface area (Å²) in [6.07, 6.45) is 0.211. The molecule has 1 N–H and O–H groups in total. The summed E-state index contributed by atoms with van der Waals surface area (Å²) in [4.78, 5) is 38.9. The quantitative estimate of drug-likeness (QED) is 0.286. The van der Waals surface area contributed by atoms with Crippen molar-refractivity contribution in [3.05, 3.63) is 70.3 Å². The van der Waals surface area contributed by atoms with E-state index < -0.39 is 4.92 Å². The zero-order chi connectivity index (χ0) is 23.9. The number of carbonyl (C=O) groups excluding carboxylic acids is 2. The van der Waals surface area contributed by atoms with Crippen LogP contribution in [0.3, 0.4) is 0 Å². The number of carbonyl (C=O) groups is 2. The number of aromatic nitrogens is 2. The molecule has 0 saturated carbocycles. The maximum absolute atomic E-state index is 12.6. The molecular formula is C22H22N6O4S2. The van der Waals surface area contributed by atoms with Gasteiger partial charge in [0.05, 0.1) is 17.1 Å². The van der Waals surface area contributed by atoms with E-state index in [4.69, 9.17) is 0 Å². The second-order valence-corrected chi connectivity index (χ2v) is 9.70. The van der Waals surface area contributed by atoms with E-state index in [-0.39, 0.29) is 29.7 Å². The summed E-state index contributed by atoms with van der Waals surface area (Å²) in [5, 5.41) is 22.8. The summed E-state index contributed by atoms with van der Waals surface area (Å²) in [7, 11) is 0.